The van der Waals surface area contributed by atoms with Gasteiger partial charge in [0.25, 0.3) is 0 Å². The standard InChI is InChI=1S/C9H12N2O2/c1-3-7(9(12)13-2)8-10-5-4-6-11-8/h4-7H,3H2,1-2H3. The lowest BCUT2D eigenvalue weighted by atomic mass is 10.1. The lowest BCUT2D eigenvalue weighted by molar-refractivity contribution is -0.142. The monoisotopic (exact) mass is 180 g/mol. The van der Waals surface area contributed by atoms with Gasteiger partial charge in [-0.25, -0.2) is 9.97 Å². The van der Waals surface area contributed by atoms with Crippen molar-refractivity contribution >= 4 is 5.97 Å². The van der Waals surface area contributed by atoms with Crippen molar-refractivity contribution in [1.82, 2.24) is 9.97 Å². The van der Waals surface area contributed by atoms with Crippen LogP contribution in [-0.4, -0.2) is 23.0 Å². The summed E-state index contributed by atoms with van der Waals surface area (Å²) in [6.45, 7) is 1.90. The van der Waals surface area contributed by atoms with Gasteiger partial charge in [-0.1, -0.05) is 6.92 Å². The van der Waals surface area contributed by atoms with Crippen molar-refractivity contribution in [3.8, 4) is 0 Å². The number of esters is 1. The maximum absolute atomic E-state index is 11.2. The molecule has 0 aliphatic rings. The highest BCUT2D eigenvalue weighted by Gasteiger charge is 2.21. The predicted molar refractivity (Wildman–Crippen MR) is 47.1 cm³/mol. The molecule has 4 nitrogen and oxygen atoms in total. The highest BCUT2D eigenvalue weighted by atomic mass is 16.5. The minimum absolute atomic E-state index is 0.284. The zero-order valence-corrected chi connectivity index (χ0v) is 7.73. The smallest absolute Gasteiger partial charge is 0.316 e. The normalized spacial score (nSPS) is 12.2. The first-order valence-electron chi connectivity index (χ1n) is 4.14. The summed E-state index contributed by atoms with van der Waals surface area (Å²) < 4.78 is 4.64. The molecule has 0 saturated carbocycles. The molecule has 1 aromatic rings. The van der Waals surface area contributed by atoms with Gasteiger partial charge in [0.05, 0.1) is 7.11 Å². The quantitative estimate of drug-likeness (QED) is 0.654. The van der Waals surface area contributed by atoms with Gasteiger partial charge in [-0.3, -0.25) is 4.79 Å². The Morgan fingerprint density at radius 3 is 2.62 bits per heavy atom. The highest BCUT2D eigenvalue weighted by molar-refractivity contribution is 5.76. The summed E-state index contributed by atoms with van der Waals surface area (Å²) >= 11 is 0. The van der Waals surface area contributed by atoms with E-state index in [9.17, 15) is 4.79 Å². The fourth-order valence-corrected chi connectivity index (χ4v) is 1.09. The Balaban J connectivity index is 2.85. The lowest BCUT2D eigenvalue weighted by Crippen LogP contribution is -2.15. The van der Waals surface area contributed by atoms with E-state index in [4.69, 9.17) is 0 Å². The van der Waals surface area contributed by atoms with Crippen LogP contribution in [0.5, 0.6) is 0 Å². The van der Waals surface area contributed by atoms with Crippen LogP contribution in [0.25, 0.3) is 0 Å². The molecule has 0 fully saturated rings. The fraction of sp³-hybridized carbons (Fsp3) is 0.444. The van der Waals surface area contributed by atoms with E-state index in [1.165, 1.54) is 7.11 Å². The van der Waals surface area contributed by atoms with Crippen molar-refractivity contribution in [3.63, 3.8) is 0 Å². The van der Waals surface area contributed by atoms with Gasteiger partial charge in [0, 0.05) is 12.4 Å². The first-order chi connectivity index (χ1) is 6.29. The number of ether oxygens (including phenoxy) is 1. The van der Waals surface area contributed by atoms with E-state index >= 15 is 0 Å². The van der Waals surface area contributed by atoms with Crippen LogP contribution in [0.3, 0.4) is 0 Å². The Morgan fingerprint density at radius 2 is 2.15 bits per heavy atom. The molecule has 1 heterocycles. The Hall–Kier alpha value is -1.45. The molecule has 0 saturated heterocycles. The van der Waals surface area contributed by atoms with Crippen LogP contribution in [0, 0.1) is 0 Å². The number of nitrogens with zero attached hydrogens (tertiary/aromatic N) is 2. The topological polar surface area (TPSA) is 52.1 Å². The van der Waals surface area contributed by atoms with Gasteiger partial charge in [0.1, 0.15) is 11.7 Å². The van der Waals surface area contributed by atoms with Crippen molar-refractivity contribution in [2.24, 2.45) is 0 Å². The first kappa shape index (κ1) is 9.64. The molecule has 1 rings (SSSR count). The number of aromatic nitrogens is 2. The van der Waals surface area contributed by atoms with Gasteiger partial charge in [-0.05, 0) is 12.5 Å². The second-order valence-corrected chi connectivity index (χ2v) is 2.59. The molecule has 4 heteroatoms. The van der Waals surface area contributed by atoms with Crippen LogP contribution < -0.4 is 0 Å². The third-order valence-electron chi connectivity index (χ3n) is 1.79. The molecule has 0 aliphatic heterocycles. The summed E-state index contributed by atoms with van der Waals surface area (Å²) in [6.07, 6.45) is 3.89. The summed E-state index contributed by atoms with van der Waals surface area (Å²) in [7, 11) is 1.37. The van der Waals surface area contributed by atoms with Crippen molar-refractivity contribution in [2.45, 2.75) is 19.3 Å². The highest BCUT2D eigenvalue weighted by Crippen LogP contribution is 2.15. The van der Waals surface area contributed by atoms with E-state index in [1.807, 2.05) is 6.92 Å². The molecular formula is C9H12N2O2. The zero-order valence-electron chi connectivity index (χ0n) is 7.73. The van der Waals surface area contributed by atoms with Crippen LogP contribution >= 0.6 is 0 Å². The minimum atomic E-state index is -0.341. The van der Waals surface area contributed by atoms with E-state index in [2.05, 4.69) is 14.7 Å². The molecule has 70 valence electrons. The molecule has 1 atom stereocenters. The van der Waals surface area contributed by atoms with Crippen LogP contribution in [0.15, 0.2) is 18.5 Å². The van der Waals surface area contributed by atoms with Crippen LogP contribution in [0.1, 0.15) is 25.1 Å². The van der Waals surface area contributed by atoms with Crippen LogP contribution in [0.2, 0.25) is 0 Å². The Labute approximate surface area is 77.0 Å². The summed E-state index contributed by atoms with van der Waals surface area (Å²) in [5, 5.41) is 0. The van der Waals surface area contributed by atoms with Gasteiger partial charge in [0.2, 0.25) is 0 Å². The molecule has 0 aliphatic carbocycles. The van der Waals surface area contributed by atoms with Crippen molar-refractivity contribution in [3.05, 3.63) is 24.3 Å². The number of rotatable bonds is 3. The van der Waals surface area contributed by atoms with Gasteiger partial charge in [-0.15, -0.1) is 0 Å². The fourth-order valence-electron chi connectivity index (χ4n) is 1.09. The van der Waals surface area contributed by atoms with Crippen molar-refractivity contribution < 1.29 is 9.53 Å². The molecule has 0 radical (unpaired) electrons. The van der Waals surface area contributed by atoms with E-state index in [-0.39, 0.29) is 11.9 Å². The molecular weight excluding hydrogens is 168 g/mol. The van der Waals surface area contributed by atoms with Gasteiger partial charge in [-0.2, -0.15) is 0 Å². The van der Waals surface area contributed by atoms with Crippen LogP contribution in [0.4, 0.5) is 0 Å². The second kappa shape index (κ2) is 4.54. The average Bonchev–Trinajstić information content (AvgIpc) is 2.20. The Bertz CT molecular complexity index is 274. The second-order valence-electron chi connectivity index (χ2n) is 2.59. The van der Waals surface area contributed by atoms with E-state index in [1.54, 1.807) is 18.5 Å². The molecule has 0 aromatic carbocycles. The molecule has 0 bridgehead atoms. The third kappa shape index (κ3) is 2.24. The largest absolute Gasteiger partial charge is 0.468 e. The molecule has 0 spiro atoms. The number of carbonyl (C=O) groups excluding carboxylic acids is 1. The Morgan fingerprint density at radius 1 is 1.54 bits per heavy atom. The summed E-state index contributed by atoms with van der Waals surface area (Å²) in [6, 6.07) is 1.72. The maximum Gasteiger partial charge on any atom is 0.316 e. The van der Waals surface area contributed by atoms with Crippen molar-refractivity contribution in [2.75, 3.05) is 7.11 Å². The average molecular weight is 180 g/mol. The van der Waals surface area contributed by atoms with Gasteiger partial charge < -0.3 is 4.74 Å². The number of hydrogen-bond acceptors (Lipinski definition) is 4. The molecule has 13 heavy (non-hydrogen) atoms. The molecule has 1 unspecified atom stereocenters. The third-order valence-corrected chi connectivity index (χ3v) is 1.79. The Kier molecular flexibility index (Phi) is 3.37. The predicted octanol–water partition coefficient (Wildman–Crippen LogP) is 1.14. The van der Waals surface area contributed by atoms with Crippen molar-refractivity contribution in [1.29, 1.82) is 0 Å². The van der Waals surface area contributed by atoms with Crippen LogP contribution in [-0.2, 0) is 9.53 Å². The number of carbonyl (C=O) groups is 1. The summed E-state index contributed by atoms with van der Waals surface area (Å²) in [5.74, 6) is -0.100. The van der Waals surface area contributed by atoms with Gasteiger partial charge in [0.15, 0.2) is 0 Å². The van der Waals surface area contributed by atoms with E-state index in [0.717, 1.165) is 0 Å². The van der Waals surface area contributed by atoms with E-state index < -0.39 is 0 Å². The number of hydrogen-bond donors (Lipinski definition) is 0. The lowest BCUT2D eigenvalue weighted by Gasteiger charge is -2.09. The SMILES string of the molecule is CCC(C(=O)OC)c1ncccn1. The minimum Gasteiger partial charge on any atom is -0.468 e. The maximum atomic E-state index is 11.2. The number of methoxy groups -OCH3 is 1. The van der Waals surface area contributed by atoms with E-state index in [0.29, 0.717) is 12.2 Å². The summed E-state index contributed by atoms with van der Waals surface area (Å²) in [5.41, 5.74) is 0. The molecule has 1 aromatic heterocycles. The zero-order chi connectivity index (χ0) is 9.68. The summed E-state index contributed by atoms with van der Waals surface area (Å²) in [4.78, 5) is 19.3. The molecule has 0 N–H and O–H groups in total. The molecule has 0 amide bonds. The first-order valence-corrected chi connectivity index (χ1v) is 4.14. The van der Waals surface area contributed by atoms with Gasteiger partial charge >= 0.3 is 5.97 Å².